The van der Waals surface area contributed by atoms with Crippen LogP contribution >= 0.6 is 0 Å². The average molecular weight is 397 g/mol. The van der Waals surface area contributed by atoms with E-state index in [0.29, 0.717) is 23.1 Å². The molecule has 12 nitrogen and oxygen atoms in total. The molecular formula is C15H31N3O9+2. The van der Waals surface area contributed by atoms with Crippen LogP contribution in [0, 0.1) is 0 Å². The van der Waals surface area contributed by atoms with E-state index in [1.54, 1.807) is 0 Å². The summed E-state index contributed by atoms with van der Waals surface area (Å²) in [6, 6.07) is -0.702. The minimum absolute atomic E-state index is 0.231. The van der Waals surface area contributed by atoms with Crippen molar-refractivity contribution in [3.05, 3.63) is 12.2 Å². The Morgan fingerprint density at radius 2 is 1.37 bits per heavy atom. The van der Waals surface area contributed by atoms with E-state index in [1.807, 2.05) is 21.1 Å². The summed E-state index contributed by atoms with van der Waals surface area (Å²) in [5.41, 5.74) is 8.74. The first kappa shape index (κ1) is 29.2. The molecule has 0 aromatic carbocycles. The van der Waals surface area contributed by atoms with Gasteiger partial charge < -0.3 is 41.5 Å². The number of nitrogens with zero attached hydrogens (tertiary/aromatic N) is 1. The second kappa shape index (κ2) is 15.7. The number of hydrogen-bond donors (Lipinski definition) is 7. The van der Waals surface area contributed by atoms with Crippen molar-refractivity contribution < 1.29 is 54.9 Å². The van der Waals surface area contributed by atoms with Crippen LogP contribution in [0.3, 0.4) is 0 Å². The molecule has 0 spiro atoms. The Morgan fingerprint density at radius 1 is 0.963 bits per heavy atom. The summed E-state index contributed by atoms with van der Waals surface area (Å²) in [4.78, 5) is 39.3. The Kier molecular flexibility index (Phi) is 17.0. The fourth-order valence-corrected chi connectivity index (χ4v) is 1.23. The number of likely N-dealkylation sites (N-methyl/N-ethyl adjacent to an activating group) is 1. The van der Waals surface area contributed by atoms with Crippen LogP contribution in [0.5, 0.6) is 0 Å². The SMILES string of the molecule is C[N+](C)(C)C[C@@H](O)C(=O)O.N[C@H](CCC[NH3+])C(=O)O.O=C(O)/C=C/C(=O)O. The predicted molar refractivity (Wildman–Crippen MR) is 93.6 cm³/mol. The van der Waals surface area contributed by atoms with Crippen LogP contribution in [0.4, 0.5) is 0 Å². The van der Waals surface area contributed by atoms with Crippen molar-refractivity contribution in [2.45, 2.75) is 25.0 Å². The summed E-state index contributed by atoms with van der Waals surface area (Å²) >= 11 is 0. The molecule has 0 unspecified atom stereocenters. The maximum atomic E-state index is 10.1. The third-order valence-corrected chi connectivity index (χ3v) is 2.46. The summed E-state index contributed by atoms with van der Waals surface area (Å²) in [5.74, 6) is -4.60. The first-order valence-corrected chi connectivity index (χ1v) is 7.76. The Morgan fingerprint density at radius 3 is 1.56 bits per heavy atom. The van der Waals surface area contributed by atoms with Crippen LogP contribution in [0.1, 0.15) is 12.8 Å². The van der Waals surface area contributed by atoms with Gasteiger partial charge in [0, 0.05) is 12.2 Å². The fraction of sp³-hybridized carbons (Fsp3) is 0.600. The van der Waals surface area contributed by atoms with Gasteiger partial charge in [-0.05, 0) is 12.8 Å². The number of rotatable bonds is 9. The van der Waals surface area contributed by atoms with Crippen molar-refractivity contribution in [1.82, 2.24) is 0 Å². The van der Waals surface area contributed by atoms with E-state index in [4.69, 9.17) is 31.3 Å². The van der Waals surface area contributed by atoms with Crippen LogP contribution < -0.4 is 11.5 Å². The summed E-state index contributed by atoms with van der Waals surface area (Å²) < 4.78 is 0.452. The van der Waals surface area contributed by atoms with E-state index in [0.717, 1.165) is 13.0 Å². The summed E-state index contributed by atoms with van der Waals surface area (Å²) in [6.45, 7) is 0.982. The first-order chi connectivity index (χ1) is 12.1. The molecule has 0 aromatic heterocycles. The molecule has 158 valence electrons. The van der Waals surface area contributed by atoms with Crippen LogP contribution in [0.2, 0.25) is 0 Å². The number of carboxylic acids is 4. The Balaban J connectivity index is -0.000000322. The molecule has 0 aliphatic rings. The largest absolute Gasteiger partial charge is 0.480 e. The predicted octanol–water partition coefficient (Wildman–Crippen LogP) is -2.73. The highest BCUT2D eigenvalue weighted by atomic mass is 16.4. The molecule has 10 N–H and O–H groups in total. The van der Waals surface area contributed by atoms with Crippen molar-refractivity contribution in [2.75, 3.05) is 34.2 Å². The van der Waals surface area contributed by atoms with Gasteiger partial charge in [0.15, 0.2) is 0 Å². The highest BCUT2D eigenvalue weighted by Gasteiger charge is 2.21. The van der Waals surface area contributed by atoms with E-state index in [2.05, 4.69) is 5.73 Å². The fourth-order valence-electron chi connectivity index (χ4n) is 1.23. The van der Waals surface area contributed by atoms with Crippen molar-refractivity contribution in [1.29, 1.82) is 0 Å². The van der Waals surface area contributed by atoms with Gasteiger partial charge in [0.1, 0.15) is 12.6 Å². The van der Waals surface area contributed by atoms with Crippen LogP contribution in [-0.2, 0) is 19.2 Å². The van der Waals surface area contributed by atoms with Crippen molar-refractivity contribution in [3.63, 3.8) is 0 Å². The molecule has 0 amide bonds. The van der Waals surface area contributed by atoms with Gasteiger partial charge >= 0.3 is 23.9 Å². The molecule has 0 saturated carbocycles. The van der Waals surface area contributed by atoms with Gasteiger partial charge in [-0.3, -0.25) is 4.79 Å². The minimum Gasteiger partial charge on any atom is -0.480 e. The van der Waals surface area contributed by atoms with E-state index >= 15 is 0 Å². The molecule has 0 saturated heterocycles. The van der Waals surface area contributed by atoms with Crippen LogP contribution in [0.15, 0.2) is 12.2 Å². The van der Waals surface area contributed by atoms with Gasteiger partial charge in [-0.2, -0.15) is 0 Å². The molecule has 27 heavy (non-hydrogen) atoms. The molecule has 0 rings (SSSR count). The molecule has 2 atom stereocenters. The molecular weight excluding hydrogens is 366 g/mol. The molecule has 0 aliphatic heterocycles. The topological polar surface area (TPSA) is 223 Å². The number of carbonyl (C=O) groups is 4. The van der Waals surface area contributed by atoms with Crippen LogP contribution in [0.25, 0.3) is 0 Å². The lowest BCUT2D eigenvalue weighted by molar-refractivity contribution is -0.872. The van der Waals surface area contributed by atoms with Gasteiger partial charge in [0.05, 0.1) is 27.7 Å². The number of hydrogen-bond acceptors (Lipinski definition) is 6. The second-order valence-electron chi connectivity index (χ2n) is 6.28. The first-order valence-electron chi connectivity index (χ1n) is 7.76. The highest BCUT2D eigenvalue weighted by molar-refractivity contribution is 5.89. The normalized spacial score (nSPS) is 12.7. The molecule has 0 radical (unpaired) electrons. The number of nitrogens with two attached hydrogens (primary N) is 1. The third-order valence-electron chi connectivity index (χ3n) is 2.46. The quantitative estimate of drug-likeness (QED) is 0.157. The van der Waals surface area contributed by atoms with E-state index in [-0.39, 0.29) is 6.54 Å². The smallest absolute Gasteiger partial charge is 0.338 e. The second-order valence-corrected chi connectivity index (χ2v) is 6.28. The van der Waals surface area contributed by atoms with Gasteiger partial charge in [-0.15, -0.1) is 0 Å². The van der Waals surface area contributed by atoms with E-state index < -0.39 is 36.0 Å². The lowest BCUT2D eigenvalue weighted by Crippen LogP contribution is -2.50. The van der Waals surface area contributed by atoms with Gasteiger partial charge in [0.25, 0.3) is 0 Å². The monoisotopic (exact) mass is 397 g/mol. The van der Waals surface area contributed by atoms with Crippen LogP contribution in [-0.4, -0.2) is 100 Å². The highest BCUT2D eigenvalue weighted by Crippen LogP contribution is 1.94. The van der Waals surface area contributed by atoms with Crippen molar-refractivity contribution in [2.24, 2.45) is 5.73 Å². The zero-order chi connectivity index (χ0) is 22.2. The van der Waals surface area contributed by atoms with Crippen molar-refractivity contribution in [3.8, 4) is 0 Å². The number of carboxylic acid groups (broad SMARTS) is 4. The Hall–Kier alpha value is -2.54. The summed E-state index contributed by atoms with van der Waals surface area (Å²) in [7, 11) is 5.48. The van der Waals surface area contributed by atoms with E-state index in [1.165, 1.54) is 0 Å². The lowest BCUT2D eigenvalue weighted by atomic mass is 10.2. The zero-order valence-corrected chi connectivity index (χ0v) is 15.7. The lowest BCUT2D eigenvalue weighted by Gasteiger charge is -2.24. The zero-order valence-electron chi connectivity index (χ0n) is 15.7. The molecule has 0 heterocycles. The molecule has 0 aliphatic carbocycles. The molecule has 0 aromatic rings. The standard InChI is InChI=1S/C6H13NO3.C5H12N2O2.C4H4O4/c1-7(2,3)4-5(8)6(9)10;6-3-1-2-4(7)5(8)9;5-3(6)1-2-4(7)8/h5,8H,4H2,1-3H3;4H,1-3,6-7H2,(H,8,9);1-2H,(H,5,6)(H,7,8)/p+2/b;;2-1+/t5-;4-;/m11./s1. The Bertz CT molecular complexity index is 485. The molecule has 12 heteroatoms. The van der Waals surface area contributed by atoms with Gasteiger partial charge in [-0.25, -0.2) is 14.4 Å². The van der Waals surface area contributed by atoms with Crippen molar-refractivity contribution >= 4 is 23.9 Å². The van der Waals surface area contributed by atoms with Gasteiger partial charge in [-0.1, -0.05) is 0 Å². The summed E-state index contributed by atoms with van der Waals surface area (Å²) in [6.07, 6.45) is 1.18. The number of quaternary nitrogens is 2. The summed E-state index contributed by atoms with van der Waals surface area (Å²) in [5, 5.41) is 41.0. The molecule has 0 bridgehead atoms. The maximum Gasteiger partial charge on any atom is 0.338 e. The Labute approximate surface area is 156 Å². The third kappa shape index (κ3) is 28.5. The number of aliphatic hydroxyl groups excluding tert-OH is 1. The minimum atomic E-state index is -1.26. The number of aliphatic hydroxyl groups is 1. The van der Waals surface area contributed by atoms with E-state index in [9.17, 15) is 19.2 Å². The molecule has 0 fully saturated rings. The average Bonchev–Trinajstić information content (AvgIpc) is 2.50. The maximum absolute atomic E-state index is 10.1. The van der Waals surface area contributed by atoms with Gasteiger partial charge in [0.2, 0.25) is 6.10 Å². The number of aliphatic carboxylic acids is 4.